The Morgan fingerprint density at radius 2 is 1.88 bits per heavy atom. The molecule has 2 aromatic rings. The molecule has 2 aromatic carbocycles. The van der Waals surface area contributed by atoms with Crippen LogP contribution >= 0.6 is 0 Å². The molecule has 0 aliphatic carbocycles. The van der Waals surface area contributed by atoms with Gasteiger partial charge < -0.3 is 10.2 Å². The molecule has 0 aromatic heterocycles. The number of nitrogens with one attached hydrogen (secondary N) is 1. The lowest BCUT2D eigenvalue weighted by atomic mass is 9.99. The van der Waals surface area contributed by atoms with Crippen LogP contribution in [-0.2, 0) is 4.79 Å². The summed E-state index contributed by atoms with van der Waals surface area (Å²) >= 11 is 0. The van der Waals surface area contributed by atoms with E-state index in [1.807, 2.05) is 48.5 Å². The van der Waals surface area contributed by atoms with E-state index in [9.17, 15) is 18.0 Å². The third-order valence-corrected chi connectivity index (χ3v) is 4.01. The van der Waals surface area contributed by atoms with Crippen LogP contribution in [0.4, 0.5) is 13.2 Å². The number of halogens is 3. The van der Waals surface area contributed by atoms with Crippen molar-refractivity contribution >= 4 is 22.3 Å². The number of carbonyl (C=O) groups excluding carboxylic acids is 1. The fourth-order valence-corrected chi connectivity index (χ4v) is 2.87. The van der Waals surface area contributed by atoms with Gasteiger partial charge in [-0.1, -0.05) is 48.5 Å². The summed E-state index contributed by atoms with van der Waals surface area (Å²) in [6.45, 7) is -0.627. The number of fused-ring (bicyclic) bond motifs is 1. The molecule has 1 N–H and O–H groups in total. The predicted octanol–water partition coefficient (Wildman–Crippen LogP) is 3.22. The van der Waals surface area contributed by atoms with Crippen LogP contribution in [0.2, 0.25) is 0 Å². The molecule has 0 saturated heterocycles. The highest BCUT2D eigenvalue weighted by atomic mass is 19.4. The van der Waals surface area contributed by atoms with Crippen molar-refractivity contribution in [3.05, 3.63) is 54.1 Å². The first-order valence-corrected chi connectivity index (χ1v) is 7.66. The van der Waals surface area contributed by atoms with Crippen molar-refractivity contribution in [2.24, 2.45) is 0 Å². The first-order valence-electron chi connectivity index (χ1n) is 7.66. The van der Waals surface area contributed by atoms with Crippen LogP contribution in [0.15, 0.2) is 48.5 Å². The van der Waals surface area contributed by atoms with Gasteiger partial charge in [0.25, 0.3) is 0 Å². The standard InChI is InChI=1S/C18H17F3N2O/c19-18(20,21)12-22-10-17(24)23-9-8-14(11-23)16-7-3-5-13-4-1-2-6-15(13)16/h1-8,22H,9-12H2. The van der Waals surface area contributed by atoms with Crippen LogP contribution < -0.4 is 5.32 Å². The first kappa shape index (κ1) is 16.5. The Bertz CT molecular complexity index is 778. The minimum atomic E-state index is -4.31. The van der Waals surface area contributed by atoms with Gasteiger partial charge in [-0.3, -0.25) is 4.79 Å². The normalized spacial score (nSPS) is 15.0. The van der Waals surface area contributed by atoms with Gasteiger partial charge in [-0.05, 0) is 21.9 Å². The number of alkyl halides is 3. The van der Waals surface area contributed by atoms with Gasteiger partial charge in [-0.25, -0.2) is 0 Å². The van der Waals surface area contributed by atoms with Crippen LogP contribution in [0.1, 0.15) is 5.56 Å². The molecule has 0 bridgehead atoms. The molecule has 0 saturated carbocycles. The van der Waals surface area contributed by atoms with Crippen molar-refractivity contribution in [2.75, 3.05) is 26.2 Å². The molecule has 0 fully saturated rings. The van der Waals surface area contributed by atoms with Crippen molar-refractivity contribution < 1.29 is 18.0 Å². The predicted molar refractivity (Wildman–Crippen MR) is 87.4 cm³/mol. The Morgan fingerprint density at radius 1 is 1.12 bits per heavy atom. The van der Waals surface area contributed by atoms with Crippen molar-refractivity contribution in [3.8, 4) is 0 Å². The van der Waals surface area contributed by atoms with Gasteiger partial charge in [0.2, 0.25) is 5.91 Å². The van der Waals surface area contributed by atoms with Crippen molar-refractivity contribution in [1.82, 2.24) is 10.2 Å². The number of hydrogen-bond donors (Lipinski definition) is 1. The number of carbonyl (C=O) groups is 1. The molecule has 6 heteroatoms. The molecule has 0 spiro atoms. The summed E-state index contributed by atoms with van der Waals surface area (Å²) in [5.74, 6) is -0.328. The number of rotatable bonds is 4. The molecule has 1 aliphatic rings. The quantitative estimate of drug-likeness (QED) is 0.931. The second kappa shape index (κ2) is 6.65. The summed E-state index contributed by atoms with van der Waals surface area (Å²) in [7, 11) is 0. The van der Waals surface area contributed by atoms with E-state index < -0.39 is 12.7 Å². The van der Waals surface area contributed by atoms with Gasteiger partial charge in [-0.15, -0.1) is 0 Å². The Hall–Kier alpha value is -2.34. The van der Waals surface area contributed by atoms with E-state index in [2.05, 4.69) is 5.32 Å². The molecular weight excluding hydrogens is 317 g/mol. The maximum atomic E-state index is 12.1. The summed E-state index contributed by atoms with van der Waals surface area (Å²) < 4.78 is 36.4. The van der Waals surface area contributed by atoms with E-state index in [4.69, 9.17) is 0 Å². The van der Waals surface area contributed by atoms with Crippen molar-refractivity contribution in [1.29, 1.82) is 0 Å². The third-order valence-electron chi connectivity index (χ3n) is 4.01. The fourth-order valence-electron chi connectivity index (χ4n) is 2.87. The molecule has 3 rings (SSSR count). The monoisotopic (exact) mass is 334 g/mol. The number of hydrogen-bond acceptors (Lipinski definition) is 2. The van der Waals surface area contributed by atoms with E-state index in [1.54, 1.807) is 4.90 Å². The SMILES string of the molecule is O=C(CNCC(F)(F)F)N1CC=C(c2cccc3ccccc23)C1. The van der Waals surface area contributed by atoms with Gasteiger partial charge in [0.15, 0.2) is 0 Å². The van der Waals surface area contributed by atoms with E-state index in [-0.39, 0.29) is 12.5 Å². The molecule has 3 nitrogen and oxygen atoms in total. The number of benzene rings is 2. The number of nitrogens with zero attached hydrogens (tertiary/aromatic N) is 1. The minimum Gasteiger partial charge on any atom is -0.334 e. The molecule has 0 atom stereocenters. The van der Waals surface area contributed by atoms with Gasteiger partial charge in [0.1, 0.15) is 0 Å². The Kier molecular flexibility index (Phi) is 4.57. The maximum absolute atomic E-state index is 12.1. The lowest BCUT2D eigenvalue weighted by molar-refractivity contribution is -0.133. The molecule has 126 valence electrons. The summed E-state index contributed by atoms with van der Waals surface area (Å²) in [5, 5.41) is 4.37. The summed E-state index contributed by atoms with van der Waals surface area (Å²) in [6, 6.07) is 14.0. The second-order valence-corrected chi connectivity index (χ2v) is 5.75. The topological polar surface area (TPSA) is 32.3 Å². The van der Waals surface area contributed by atoms with E-state index >= 15 is 0 Å². The summed E-state index contributed by atoms with van der Waals surface area (Å²) in [6.07, 6.45) is -2.35. The average molecular weight is 334 g/mol. The smallest absolute Gasteiger partial charge is 0.334 e. The third kappa shape index (κ3) is 3.76. The Balaban J connectivity index is 1.65. The maximum Gasteiger partial charge on any atom is 0.401 e. The first-order chi connectivity index (χ1) is 11.4. The van der Waals surface area contributed by atoms with Crippen LogP contribution in [-0.4, -0.2) is 43.2 Å². The van der Waals surface area contributed by atoms with Gasteiger partial charge in [0, 0.05) is 13.1 Å². The highest BCUT2D eigenvalue weighted by molar-refractivity contribution is 5.95. The largest absolute Gasteiger partial charge is 0.401 e. The minimum absolute atomic E-state index is 0.309. The van der Waals surface area contributed by atoms with E-state index in [0.717, 1.165) is 21.9 Å². The average Bonchev–Trinajstić information content (AvgIpc) is 3.03. The summed E-state index contributed by atoms with van der Waals surface area (Å²) in [4.78, 5) is 13.6. The zero-order valence-corrected chi connectivity index (χ0v) is 12.9. The van der Waals surface area contributed by atoms with Gasteiger partial charge in [0.05, 0.1) is 13.1 Å². The van der Waals surface area contributed by atoms with Crippen LogP contribution in [0, 0.1) is 0 Å². The highest BCUT2D eigenvalue weighted by Crippen LogP contribution is 2.28. The molecule has 0 radical (unpaired) electrons. The zero-order chi connectivity index (χ0) is 17.2. The molecule has 24 heavy (non-hydrogen) atoms. The highest BCUT2D eigenvalue weighted by Gasteiger charge is 2.27. The molecule has 0 unspecified atom stereocenters. The van der Waals surface area contributed by atoms with Crippen LogP contribution in [0.5, 0.6) is 0 Å². The Morgan fingerprint density at radius 3 is 2.67 bits per heavy atom. The van der Waals surface area contributed by atoms with Crippen molar-refractivity contribution in [3.63, 3.8) is 0 Å². The molecule has 1 heterocycles. The zero-order valence-electron chi connectivity index (χ0n) is 12.9. The lowest BCUT2D eigenvalue weighted by Crippen LogP contribution is -2.40. The molecule has 1 amide bonds. The fraction of sp³-hybridized carbons (Fsp3) is 0.278. The van der Waals surface area contributed by atoms with Crippen LogP contribution in [0.3, 0.4) is 0 Å². The molecular formula is C18H17F3N2O. The number of amides is 1. The van der Waals surface area contributed by atoms with Gasteiger partial charge in [-0.2, -0.15) is 13.2 Å². The second-order valence-electron chi connectivity index (χ2n) is 5.75. The van der Waals surface area contributed by atoms with E-state index in [0.29, 0.717) is 13.1 Å². The van der Waals surface area contributed by atoms with Crippen LogP contribution in [0.25, 0.3) is 16.3 Å². The summed E-state index contributed by atoms with van der Waals surface area (Å²) in [5.41, 5.74) is 2.09. The lowest BCUT2D eigenvalue weighted by Gasteiger charge is -2.18. The van der Waals surface area contributed by atoms with Crippen molar-refractivity contribution in [2.45, 2.75) is 6.18 Å². The molecule has 1 aliphatic heterocycles. The Labute approximate surface area is 137 Å². The van der Waals surface area contributed by atoms with E-state index in [1.165, 1.54) is 0 Å². The van der Waals surface area contributed by atoms with Gasteiger partial charge >= 0.3 is 6.18 Å².